The van der Waals surface area contributed by atoms with Crippen molar-refractivity contribution in [3.05, 3.63) is 35.8 Å². The lowest BCUT2D eigenvalue weighted by Gasteiger charge is -2.38. The van der Waals surface area contributed by atoms with Gasteiger partial charge in [0.1, 0.15) is 6.26 Å². The molecule has 0 unspecified atom stereocenters. The van der Waals surface area contributed by atoms with E-state index in [2.05, 4.69) is 15.4 Å². The van der Waals surface area contributed by atoms with Crippen LogP contribution in [0.5, 0.6) is 0 Å². The molecule has 0 saturated carbocycles. The highest BCUT2D eigenvalue weighted by molar-refractivity contribution is 5.92. The van der Waals surface area contributed by atoms with Crippen molar-refractivity contribution in [2.24, 2.45) is 13.0 Å². The Morgan fingerprint density at radius 3 is 2.75 bits per heavy atom. The highest BCUT2D eigenvalue weighted by Gasteiger charge is 2.45. The number of likely N-dealkylation sites (tertiary alicyclic amines) is 1. The molecule has 1 N–H and O–H groups in total. The fourth-order valence-corrected chi connectivity index (χ4v) is 3.85. The van der Waals surface area contributed by atoms with E-state index < -0.39 is 0 Å². The molecule has 0 spiro atoms. The Balaban J connectivity index is 1.75. The predicted molar refractivity (Wildman–Crippen MR) is 103 cm³/mol. The summed E-state index contributed by atoms with van der Waals surface area (Å²) < 4.78 is 7.06. The molecular weight excluding hydrogens is 358 g/mol. The van der Waals surface area contributed by atoms with Crippen molar-refractivity contribution in [1.82, 2.24) is 25.0 Å². The van der Waals surface area contributed by atoms with Crippen LogP contribution in [0.1, 0.15) is 68.5 Å². The summed E-state index contributed by atoms with van der Waals surface area (Å²) in [5.74, 6) is 0.336. The van der Waals surface area contributed by atoms with Crippen LogP contribution in [0.2, 0.25) is 0 Å². The molecule has 1 fully saturated rings. The number of hydrogen-bond acceptors (Lipinski definition) is 5. The largest absolute Gasteiger partial charge is 0.448 e. The van der Waals surface area contributed by atoms with E-state index >= 15 is 0 Å². The summed E-state index contributed by atoms with van der Waals surface area (Å²) in [6.45, 7) is 8.49. The molecule has 0 aliphatic carbocycles. The van der Waals surface area contributed by atoms with Gasteiger partial charge in [-0.1, -0.05) is 6.92 Å². The van der Waals surface area contributed by atoms with E-state index in [1.165, 1.54) is 6.26 Å². The van der Waals surface area contributed by atoms with E-state index in [1.807, 2.05) is 45.8 Å². The van der Waals surface area contributed by atoms with Gasteiger partial charge in [0.2, 0.25) is 5.91 Å². The van der Waals surface area contributed by atoms with Crippen molar-refractivity contribution < 1.29 is 14.0 Å². The van der Waals surface area contributed by atoms with Gasteiger partial charge in [0, 0.05) is 49.7 Å². The lowest BCUT2D eigenvalue weighted by atomic mass is 9.93. The molecule has 0 aromatic carbocycles. The highest BCUT2D eigenvalue weighted by Crippen LogP contribution is 2.42. The molecule has 2 atom stereocenters. The first-order valence-electron chi connectivity index (χ1n) is 9.74. The Kier molecular flexibility index (Phi) is 5.58. The van der Waals surface area contributed by atoms with Gasteiger partial charge in [-0.05, 0) is 27.2 Å². The van der Waals surface area contributed by atoms with Gasteiger partial charge in [-0.3, -0.25) is 14.3 Å². The average Bonchev–Trinajstić information content (AvgIpc) is 3.31. The van der Waals surface area contributed by atoms with E-state index in [-0.39, 0.29) is 35.0 Å². The molecule has 1 aliphatic heterocycles. The van der Waals surface area contributed by atoms with Crippen molar-refractivity contribution in [3.8, 4) is 0 Å². The molecule has 0 radical (unpaired) electrons. The van der Waals surface area contributed by atoms with E-state index in [1.54, 1.807) is 10.9 Å². The molecule has 1 saturated heterocycles. The van der Waals surface area contributed by atoms with E-state index in [9.17, 15) is 9.59 Å². The molecule has 28 heavy (non-hydrogen) atoms. The minimum atomic E-state index is -0.322. The minimum Gasteiger partial charge on any atom is -0.448 e. The first-order valence-corrected chi connectivity index (χ1v) is 9.74. The molecule has 1 aliphatic rings. The molecule has 2 aromatic heterocycles. The molecule has 8 nitrogen and oxygen atoms in total. The summed E-state index contributed by atoms with van der Waals surface area (Å²) in [5, 5.41) is 7.20. The Hall–Kier alpha value is -2.64. The van der Waals surface area contributed by atoms with Crippen LogP contribution in [-0.2, 0) is 18.3 Å². The van der Waals surface area contributed by atoms with Crippen LogP contribution >= 0.6 is 0 Å². The van der Waals surface area contributed by atoms with Crippen molar-refractivity contribution in [2.75, 3.05) is 6.54 Å². The number of aryl methyl sites for hydroxylation is 2. The van der Waals surface area contributed by atoms with Crippen molar-refractivity contribution in [1.29, 1.82) is 0 Å². The number of carbonyl (C=O) groups excluding carboxylic acids is 2. The maximum absolute atomic E-state index is 12.8. The first-order chi connectivity index (χ1) is 13.2. The summed E-state index contributed by atoms with van der Waals surface area (Å²) in [7, 11) is 1.86. The molecule has 0 bridgehead atoms. The third-order valence-corrected chi connectivity index (χ3v) is 4.99. The zero-order valence-electron chi connectivity index (χ0n) is 17.2. The zero-order chi connectivity index (χ0) is 20.5. The number of nitrogens with one attached hydrogen (secondary N) is 1. The van der Waals surface area contributed by atoms with Gasteiger partial charge < -0.3 is 14.6 Å². The number of amides is 2. The van der Waals surface area contributed by atoms with E-state index in [0.29, 0.717) is 25.3 Å². The fraction of sp³-hybridized carbons (Fsp3) is 0.600. The molecule has 8 heteroatoms. The van der Waals surface area contributed by atoms with Gasteiger partial charge in [0.05, 0.1) is 12.2 Å². The second-order valence-electron chi connectivity index (χ2n) is 8.38. The van der Waals surface area contributed by atoms with Crippen LogP contribution in [-0.4, -0.2) is 43.6 Å². The molecule has 2 aromatic rings. The number of carbonyl (C=O) groups is 2. The maximum atomic E-state index is 12.8. The molecular formula is C20H29N5O3. The standard InChI is InChI=1S/C20H29N5O3/c1-6-7-16-23-15(12-28-16)19(27)21-9-13-8-17(26)25(20(2,3)4)18(13)14-10-22-24(5)11-14/h10-13,18H,6-9H2,1-5H3,(H,21,27)/t13-,18+/m0/s1. The Bertz CT molecular complexity index is 848. The number of nitrogens with zero attached hydrogens (tertiary/aromatic N) is 4. The van der Waals surface area contributed by atoms with Gasteiger partial charge in [0.15, 0.2) is 11.6 Å². The van der Waals surface area contributed by atoms with Gasteiger partial charge >= 0.3 is 0 Å². The topological polar surface area (TPSA) is 93.3 Å². The lowest BCUT2D eigenvalue weighted by molar-refractivity contribution is -0.133. The van der Waals surface area contributed by atoms with Crippen LogP contribution in [0, 0.1) is 5.92 Å². The summed E-state index contributed by atoms with van der Waals surface area (Å²) in [5.41, 5.74) is 0.935. The third-order valence-electron chi connectivity index (χ3n) is 4.99. The second-order valence-corrected chi connectivity index (χ2v) is 8.38. The number of oxazole rings is 1. The van der Waals surface area contributed by atoms with Gasteiger partial charge in [-0.2, -0.15) is 5.10 Å². The minimum absolute atomic E-state index is 0.0399. The van der Waals surface area contributed by atoms with Crippen LogP contribution in [0.3, 0.4) is 0 Å². The third kappa shape index (κ3) is 4.10. The maximum Gasteiger partial charge on any atom is 0.273 e. The van der Waals surface area contributed by atoms with E-state index in [0.717, 1.165) is 12.0 Å². The number of aromatic nitrogens is 3. The van der Waals surface area contributed by atoms with Crippen molar-refractivity contribution >= 4 is 11.8 Å². The predicted octanol–water partition coefficient (Wildman–Crippen LogP) is 2.48. The molecule has 152 valence electrons. The lowest BCUT2D eigenvalue weighted by Crippen LogP contribution is -2.44. The highest BCUT2D eigenvalue weighted by atomic mass is 16.3. The first kappa shape index (κ1) is 20.1. The molecule has 2 amide bonds. The number of rotatable bonds is 6. The summed E-state index contributed by atoms with van der Waals surface area (Å²) in [4.78, 5) is 31.4. The van der Waals surface area contributed by atoms with Gasteiger partial charge in [0.25, 0.3) is 5.91 Å². The SMILES string of the molecule is CCCc1nc(C(=O)NC[C@@H]2CC(=O)N(C(C)(C)C)[C@H]2c2cnn(C)c2)co1. The Morgan fingerprint density at radius 1 is 1.39 bits per heavy atom. The average molecular weight is 387 g/mol. The number of hydrogen-bond donors (Lipinski definition) is 1. The van der Waals surface area contributed by atoms with Crippen molar-refractivity contribution in [2.45, 2.75) is 58.5 Å². The van der Waals surface area contributed by atoms with Crippen molar-refractivity contribution in [3.63, 3.8) is 0 Å². The van der Waals surface area contributed by atoms with Gasteiger partial charge in [-0.15, -0.1) is 0 Å². The Labute approximate surface area is 165 Å². The van der Waals surface area contributed by atoms with Crippen LogP contribution in [0.4, 0.5) is 0 Å². The summed E-state index contributed by atoms with van der Waals surface area (Å²) >= 11 is 0. The fourth-order valence-electron chi connectivity index (χ4n) is 3.85. The molecule has 3 rings (SSSR count). The van der Waals surface area contributed by atoms with E-state index in [4.69, 9.17) is 4.42 Å². The monoisotopic (exact) mass is 387 g/mol. The van der Waals surface area contributed by atoms with Crippen LogP contribution in [0.15, 0.2) is 23.1 Å². The second kappa shape index (κ2) is 7.77. The Morgan fingerprint density at radius 2 is 2.14 bits per heavy atom. The normalized spacial score (nSPS) is 20.0. The summed E-state index contributed by atoms with van der Waals surface area (Å²) in [6.07, 6.45) is 7.11. The van der Waals surface area contributed by atoms with Crippen LogP contribution < -0.4 is 5.32 Å². The van der Waals surface area contributed by atoms with Crippen LogP contribution in [0.25, 0.3) is 0 Å². The summed E-state index contributed by atoms with van der Waals surface area (Å²) in [6, 6.07) is -0.130. The quantitative estimate of drug-likeness (QED) is 0.822. The molecule has 3 heterocycles. The smallest absolute Gasteiger partial charge is 0.273 e. The zero-order valence-corrected chi connectivity index (χ0v) is 17.2. The van der Waals surface area contributed by atoms with Gasteiger partial charge in [-0.25, -0.2) is 4.98 Å².